The predicted molar refractivity (Wildman–Crippen MR) is 131 cm³/mol. The molecule has 0 amide bonds. The van der Waals surface area contributed by atoms with Gasteiger partial charge in [-0.05, 0) is 54.8 Å². The summed E-state index contributed by atoms with van der Waals surface area (Å²) < 4.78 is 4.60. The van der Waals surface area contributed by atoms with Gasteiger partial charge in [0.05, 0.1) is 16.7 Å². The maximum Gasteiger partial charge on any atom is 0.0620 e. The van der Waals surface area contributed by atoms with Gasteiger partial charge in [-0.3, -0.25) is 0 Å². The second kappa shape index (κ2) is 7.16. The molecular weight excluding hydrogens is 486 g/mol. The Bertz CT molecular complexity index is 1380. The summed E-state index contributed by atoms with van der Waals surface area (Å²) in [6.07, 6.45) is 0. The highest BCUT2D eigenvalue weighted by Gasteiger charge is 2.19. The Labute approximate surface area is 187 Å². The van der Waals surface area contributed by atoms with Crippen molar-refractivity contribution < 1.29 is 0 Å². The van der Waals surface area contributed by atoms with E-state index in [1.807, 2.05) is 0 Å². The van der Waals surface area contributed by atoms with E-state index in [9.17, 15) is 0 Å². The normalized spacial score (nSPS) is 11.4. The first kappa shape index (κ1) is 18.7. The summed E-state index contributed by atoms with van der Waals surface area (Å²) in [6.45, 7) is 4.39. The van der Waals surface area contributed by atoms with Gasteiger partial charge in [0.2, 0.25) is 0 Å². The van der Waals surface area contributed by atoms with E-state index in [2.05, 4.69) is 129 Å². The van der Waals surface area contributed by atoms with Crippen LogP contribution in [0.4, 0.5) is 0 Å². The highest BCUT2D eigenvalue weighted by Crippen LogP contribution is 2.41. The van der Waals surface area contributed by atoms with Crippen molar-refractivity contribution in [3.8, 4) is 16.8 Å². The zero-order chi connectivity index (χ0) is 20.1. The molecule has 29 heavy (non-hydrogen) atoms. The lowest BCUT2D eigenvalue weighted by Crippen LogP contribution is -2.01. The zero-order valence-electron chi connectivity index (χ0n) is 16.2. The van der Waals surface area contributed by atoms with Gasteiger partial charge in [-0.15, -0.1) is 0 Å². The quantitative estimate of drug-likeness (QED) is 0.227. The van der Waals surface area contributed by atoms with Gasteiger partial charge >= 0.3 is 0 Å². The van der Waals surface area contributed by atoms with E-state index in [4.69, 9.17) is 0 Å². The minimum atomic E-state index is 1.07. The van der Waals surface area contributed by atoms with Gasteiger partial charge in [0, 0.05) is 25.3 Å². The van der Waals surface area contributed by atoms with Crippen molar-refractivity contribution in [2.45, 2.75) is 13.8 Å². The summed E-state index contributed by atoms with van der Waals surface area (Å²) in [5.41, 5.74) is 8.68. The van der Waals surface area contributed by atoms with Crippen molar-refractivity contribution >= 4 is 53.7 Å². The number of aryl methyl sites for hydroxylation is 2. The Balaban J connectivity index is 2.02. The number of fused-ring (bicyclic) bond motifs is 3. The molecule has 1 nitrogen and oxygen atoms in total. The third-order valence-electron chi connectivity index (χ3n) is 5.58. The molecule has 0 aliphatic carbocycles. The molecule has 0 atom stereocenters. The van der Waals surface area contributed by atoms with Crippen LogP contribution in [-0.2, 0) is 0 Å². The summed E-state index contributed by atoms with van der Waals surface area (Å²) >= 11 is 7.43. The second-order valence-corrected chi connectivity index (χ2v) is 9.19. The van der Waals surface area contributed by atoms with Crippen LogP contribution in [0.1, 0.15) is 11.1 Å². The summed E-state index contributed by atoms with van der Waals surface area (Å²) in [6, 6.07) is 28.2. The second-order valence-electron chi connectivity index (χ2n) is 7.42. The summed E-state index contributed by atoms with van der Waals surface area (Å²) in [5, 5.41) is 2.55. The number of benzene rings is 4. The lowest BCUT2D eigenvalue weighted by atomic mass is 10.0. The first-order valence-electron chi connectivity index (χ1n) is 9.60. The zero-order valence-corrected chi connectivity index (χ0v) is 19.4. The fourth-order valence-electron chi connectivity index (χ4n) is 4.33. The van der Waals surface area contributed by atoms with E-state index < -0.39 is 0 Å². The van der Waals surface area contributed by atoms with Crippen LogP contribution in [0.15, 0.2) is 87.8 Å². The number of aromatic nitrogens is 1. The van der Waals surface area contributed by atoms with Crippen LogP contribution < -0.4 is 0 Å². The predicted octanol–water partition coefficient (Wildman–Crippen LogP) is 8.59. The summed E-state index contributed by atoms with van der Waals surface area (Å²) in [4.78, 5) is 0. The summed E-state index contributed by atoms with van der Waals surface area (Å²) in [7, 11) is 0. The molecule has 0 unspecified atom stereocenters. The van der Waals surface area contributed by atoms with E-state index in [1.54, 1.807) is 0 Å². The number of hydrogen-bond acceptors (Lipinski definition) is 0. The van der Waals surface area contributed by atoms with Crippen molar-refractivity contribution in [1.82, 2.24) is 4.57 Å². The molecule has 5 aromatic rings. The SMILES string of the molecule is Cc1cccc(C)c1-n1c2ccccc2c2cccc(-c3cc(Br)ccc3Br)c21. The molecular formula is C26H19Br2N. The van der Waals surface area contributed by atoms with Gasteiger partial charge in [0.25, 0.3) is 0 Å². The van der Waals surface area contributed by atoms with Gasteiger partial charge in [-0.1, -0.05) is 86.5 Å². The molecule has 0 saturated heterocycles. The Morgan fingerprint density at radius 3 is 2.14 bits per heavy atom. The smallest absolute Gasteiger partial charge is 0.0620 e. The van der Waals surface area contributed by atoms with Crippen molar-refractivity contribution in [3.63, 3.8) is 0 Å². The Kier molecular flexibility index (Phi) is 4.60. The molecule has 0 radical (unpaired) electrons. The molecule has 0 spiro atoms. The largest absolute Gasteiger partial charge is 0.308 e. The molecule has 0 saturated carbocycles. The van der Waals surface area contributed by atoms with Crippen LogP contribution in [0, 0.1) is 13.8 Å². The van der Waals surface area contributed by atoms with Crippen LogP contribution in [0.25, 0.3) is 38.6 Å². The lowest BCUT2D eigenvalue weighted by molar-refractivity contribution is 1.12. The van der Waals surface area contributed by atoms with E-state index in [0.29, 0.717) is 0 Å². The Morgan fingerprint density at radius 2 is 1.34 bits per heavy atom. The number of hydrogen-bond donors (Lipinski definition) is 0. The van der Waals surface area contributed by atoms with Crippen molar-refractivity contribution in [2.24, 2.45) is 0 Å². The number of rotatable bonds is 2. The fourth-order valence-corrected chi connectivity index (χ4v) is 5.15. The van der Waals surface area contributed by atoms with Gasteiger partial charge in [-0.25, -0.2) is 0 Å². The molecule has 0 N–H and O–H groups in total. The minimum Gasteiger partial charge on any atom is -0.308 e. The minimum absolute atomic E-state index is 1.07. The molecule has 0 aliphatic rings. The van der Waals surface area contributed by atoms with Crippen molar-refractivity contribution in [1.29, 1.82) is 0 Å². The Morgan fingerprint density at radius 1 is 0.655 bits per heavy atom. The van der Waals surface area contributed by atoms with Crippen molar-refractivity contribution in [2.75, 3.05) is 0 Å². The fraction of sp³-hybridized carbons (Fsp3) is 0.0769. The number of para-hydroxylation sites is 3. The topological polar surface area (TPSA) is 4.93 Å². The van der Waals surface area contributed by atoms with Gasteiger partial charge in [-0.2, -0.15) is 0 Å². The van der Waals surface area contributed by atoms with Crippen LogP contribution in [0.3, 0.4) is 0 Å². The first-order valence-corrected chi connectivity index (χ1v) is 11.2. The first-order chi connectivity index (χ1) is 14.1. The number of halogens is 2. The molecule has 0 fully saturated rings. The Hall–Kier alpha value is -2.36. The molecule has 142 valence electrons. The molecule has 0 bridgehead atoms. The van der Waals surface area contributed by atoms with Crippen LogP contribution in [0.5, 0.6) is 0 Å². The van der Waals surface area contributed by atoms with E-state index in [1.165, 1.54) is 49.7 Å². The molecule has 4 aromatic carbocycles. The van der Waals surface area contributed by atoms with Crippen molar-refractivity contribution in [3.05, 3.63) is 98.9 Å². The van der Waals surface area contributed by atoms with Gasteiger partial charge in [0.1, 0.15) is 0 Å². The standard InChI is InChI=1S/C26H19Br2N/c1-16-7-5-8-17(2)25(16)29-24-12-4-3-9-19(24)20-10-6-11-21(26(20)29)22-15-18(27)13-14-23(22)28/h3-15H,1-2H3. The van der Waals surface area contributed by atoms with Crippen LogP contribution in [0.2, 0.25) is 0 Å². The highest BCUT2D eigenvalue weighted by molar-refractivity contribution is 9.11. The third kappa shape index (κ3) is 2.95. The third-order valence-corrected chi connectivity index (χ3v) is 6.76. The van der Waals surface area contributed by atoms with E-state index in [0.717, 1.165) is 8.95 Å². The van der Waals surface area contributed by atoms with E-state index in [-0.39, 0.29) is 0 Å². The van der Waals surface area contributed by atoms with Gasteiger partial charge < -0.3 is 4.57 Å². The lowest BCUT2D eigenvalue weighted by Gasteiger charge is -2.17. The van der Waals surface area contributed by atoms with Gasteiger partial charge in [0.15, 0.2) is 0 Å². The van der Waals surface area contributed by atoms with Crippen LogP contribution >= 0.6 is 31.9 Å². The summed E-state index contributed by atoms with van der Waals surface area (Å²) in [5.74, 6) is 0. The average Bonchev–Trinajstić information content (AvgIpc) is 3.05. The monoisotopic (exact) mass is 503 g/mol. The number of nitrogens with zero attached hydrogens (tertiary/aromatic N) is 1. The van der Waals surface area contributed by atoms with Crippen LogP contribution in [-0.4, -0.2) is 4.57 Å². The average molecular weight is 505 g/mol. The highest BCUT2D eigenvalue weighted by atomic mass is 79.9. The molecule has 3 heteroatoms. The molecule has 0 aliphatic heterocycles. The molecule has 1 heterocycles. The molecule has 5 rings (SSSR count). The maximum absolute atomic E-state index is 3.78. The maximum atomic E-state index is 3.78. The molecule has 1 aromatic heterocycles. The van der Waals surface area contributed by atoms with E-state index >= 15 is 0 Å².